The van der Waals surface area contributed by atoms with Crippen molar-refractivity contribution in [2.45, 2.75) is 32.9 Å². The molecule has 6 heteroatoms. The van der Waals surface area contributed by atoms with Gasteiger partial charge in [0.05, 0.1) is 5.02 Å². The highest BCUT2D eigenvalue weighted by atomic mass is 35.5. The van der Waals surface area contributed by atoms with Gasteiger partial charge in [0.1, 0.15) is 11.6 Å². The second-order valence-electron chi connectivity index (χ2n) is 4.79. The lowest BCUT2D eigenvalue weighted by atomic mass is 10.1. The summed E-state index contributed by atoms with van der Waals surface area (Å²) in [4.78, 5) is 11.9. The molecule has 0 radical (unpaired) electrons. The van der Waals surface area contributed by atoms with Crippen molar-refractivity contribution >= 4 is 17.5 Å². The smallest absolute Gasteiger partial charge is 0.260 e. The number of nitrogens with one attached hydrogen (secondary N) is 1. The molecule has 0 heterocycles. The largest absolute Gasteiger partial charge is 0.479 e. The number of carbonyl (C=O) groups excluding carboxylic acids is 1. The average molecular weight is 304 g/mol. The van der Waals surface area contributed by atoms with Crippen LogP contribution in [0.3, 0.4) is 0 Å². The number of halogens is 2. The standard InChI is InChI=1S/C14H19ClFNO3/c1-8(7-18)9(2)17-14(19)10(3)20-13-5-4-11(16)6-12(13)15/h4-6,8-10,18H,7H2,1-3H3,(H,17,19). The summed E-state index contributed by atoms with van der Waals surface area (Å²) in [6.07, 6.45) is -0.772. The van der Waals surface area contributed by atoms with Crippen molar-refractivity contribution in [1.82, 2.24) is 5.32 Å². The van der Waals surface area contributed by atoms with E-state index in [2.05, 4.69) is 5.32 Å². The van der Waals surface area contributed by atoms with E-state index < -0.39 is 11.9 Å². The SMILES string of the molecule is CC(Oc1ccc(F)cc1Cl)C(=O)NC(C)C(C)CO. The minimum atomic E-state index is -0.772. The molecule has 1 aromatic carbocycles. The lowest BCUT2D eigenvalue weighted by molar-refractivity contribution is -0.128. The summed E-state index contributed by atoms with van der Waals surface area (Å²) in [5.74, 6) is -0.595. The number of aliphatic hydroxyl groups excluding tert-OH is 1. The molecule has 0 bridgehead atoms. The Kier molecular flexibility index (Phi) is 6.23. The molecule has 1 rings (SSSR count). The van der Waals surface area contributed by atoms with E-state index in [-0.39, 0.29) is 35.2 Å². The first kappa shape index (κ1) is 16.7. The summed E-state index contributed by atoms with van der Waals surface area (Å²) >= 11 is 5.83. The van der Waals surface area contributed by atoms with E-state index in [1.807, 2.05) is 6.92 Å². The Morgan fingerprint density at radius 2 is 2.10 bits per heavy atom. The van der Waals surface area contributed by atoms with Gasteiger partial charge in [0.15, 0.2) is 6.10 Å². The lowest BCUT2D eigenvalue weighted by Gasteiger charge is -2.22. The van der Waals surface area contributed by atoms with Crippen molar-refractivity contribution in [3.05, 3.63) is 29.0 Å². The molecule has 2 N–H and O–H groups in total. The number of hydrogen-bond acceptors (Lipinski definition) is 3. The van der Waals surface area contributed by atoms with Crippen molar-refractivity contribution in [2.24, 2.45) is 5.92 Å². The second kappa shape index (κ2) is 7.45. The van der Waals surface area contributed by atoms with Crippen LogP contribution in [0, 0.1) is 11.7 Å². The zero-order valence-electron chi connectivity index (χ0n) is 11.7. The summed E-state index contributed by atoms with van der Waals surface area (Å²) in [6, 6.07) is 3.53. The molecule has 0 aromatic heterocycles. The van der Waals surface area contributed by atoms with Crippen LogP contribution >= 0.6 is 11.6 Å². The summed E-state index contributed by atoms with van der Waals surface area (Å²) < 4.78 is 18.3. The first-order valence-corrected chi connectivity index (χ1v) is 6.76. The van der Waals surface area contributed by atoms with E-state index in [9.17, 15) is 9.18 Å². The first-order valence-electron chi connectivity index (χ1n) is 6.38. The van der Waals surface area contributed by atoms with Crippen molar-refractivity contribution in [1.29, 1.82) is 0 Å². The molecule has 112 valence electrons. The third kappa shape index (κ3) is 4.65. The molecular weight excluding hydrogens is 285 g/mol. The quantitative estimate of drug-likeness (QED) is 0.848. The van der Waals surface area contributed by atoms with Crippen LogP contribution in [0.25, 0.3) is 0 Å². The molecule has 4 nitrogen and oxygen atoms in total. The Labute approximate surface area is 122 Å². The van der Waals surface area contributed by atoms with E-state index in [0.29, 0.717) is 0 Å². The van der Waals surface area contributed by atoms with Gasteiger partial charge < -0.3 is 15.2 Å². The van der Waals surface area contributed by atoms with Crippen molar-refractivity contribution in [3.63, 3.8) is 0 Å². The second-order valence-corrected chi connectivity index (χ2v) is 5.20. The van der Waals surface area contributed by atoms with Crippen molar-refractivity contribution in [2.75, 3.05) is 6.61 Å². The average Bonchev–Trinajstić information content (AvgIpc) is 2.40. The van der Waals surface area contributed by atoms with Gasteiger partial charge in [-0.25, -0.2) is 4.39 Å². The van der Waals surface area contributed by atoms with Crippen LogP contribution in [-0.2, 0) is 4.79 Å². The zero-order valence-corrected chi connectivity index (χ0v) is 12.4. The predicted molar refractivity (Wildman–Crippen MR) is 75.4 cm³/mol. The fourth-order valence-electron chi connectivity index (χ4n) is 1.46. The minimum Gasteiger partial charge on any atom is -0.479 e. The number of aliphatic hydroxyl groups is 1. The van der Waals surface area contributed by atoms with Gasteiger partial charge >= 0.3 is 0 Å². The summed E-state index contributed by atoms with van der Waals surface area (Å²) in [5.41, 5.74) is 0. The molecule has 0 saturated heterocycles. The summed E-state index contributed by atoms with van der Waals surface area (Å²) in [7, 11) is 0. The molecule has 1 aromatic rings. The van der Waals surface area contributed by atoms with Crippen LogP contribution in [0.1, 0.15) is 20.8 Å². The molecule has 0 aliphatic heterocycles. The number of amides is 1. The molecular formula is C14H19ClFNO3. The van der Waals surface area contributed by atoms with Gasteiger partial charge in [0.25, 0.3) is 5.91 Å². The third-order valence-corrected chi connectivity index (χ3v) is 3.37. The first-order chi connectivity index (χ1) is 9.35. The van der Waals surface area contributed by atoms with Gasteiger partial charge in [-0.3, -0.25) is 4.79 Å². The number of rotatable bonds is 6. The number of ether oxygens (including phenoxy) is 1. The Hall–Kier alpha value is -1.33. The third-order valence-electron chi connectivity index (χ3n) is 3.08. The van der Waals surface area contributed by atoms with Crippen molar-refractivity contribution in [3.8, 4) is 5.75 Å². The predicted octanol–water partition coefficient (Wildman–Crippen LogP) is 2.38. The van der Waals surface area contributed by atoms with E-state index >= 15 is 0 Å². The molecule has 20 heavy (non-hydrogen) atoms. The van der Waals surface area contributed by atoms with Gasteiger partial charge in [0, 0.05) is 12.6 Å². The summed E-state index contributed by atoms with van der Waals surface area (Å²) in [5, 5.41) is 11.9. The summed E-state index contributed by atoms with van der Waals surface area (Å²) in [6.45, 7) is 5.19. The maximum atomic E-state index is 12.9. The highest BCUT2D eigenvalue weighted by Crippen LogP contribution is 2.25. The van der Waals surface area contributed by atoms with Gasteiger partial charge in [-0.1, -0.05) is 18.5 Å². The van der Waals surface area contributed by atoms with E-state index in [0.717, 1.165) is 6.07 Å². The Bertz CT molecular complexity index is 470. The molecule has 0 spiro atoms. The van der Waals surface area contributed by atoms with Gasteiger partial charge in [-0.2, -0.15) is 0 Å². The lowest BCUT2D eigenvalue weighted by Crippen LogP contribution is -2.44. The fourth-order valence-corrected chi connectivity index (χ4v) is 1.67. The highest BCUT2D eigenvalue weighted by Gasteiger charge is 2.20. The van der Waals surface area contributed by atoms with Crippen LogP contribution in [-0.4, -0.2) is 29.8 Å². The van der Waals surface area contributed by atoms with E-state index in [1.54, 1.807) is 13.8 Å². The molecule has 1 amide bonds. The Morgan fingerprint density at radius 3 is 2.65 bits per heavy atom. The van der Waals surface area contributed by atoms with Crippen LogP contribution in [0.4, 0.5) is 4.39 Å². The number of hydrogen-bond donors (Lipinski definition) is 2. The van der Waals surface area contributed by atoms with Crippen LogP contribution in [0.5, 0.6) is 5.75 Å². The maximum absolute atomic E-state index is 12.9. The van der Waals surface area contributed by atoms with E-state index in [1.165, 1.54) is 12.1 Å². The zero-order chi connectivity index (χ0) is 15.3. The van der Waals surface area contributed by atoms with Gasteiger partial charge in [0.2, 0.25) is 0 Å². The minimum absolute atomic E-state index is 0.0134. The van der Waals surface area contributed by atoms with Crippen LogP contribution in [0.2, 0.25) is 5.02 Å². The van der Waals surface area contributed by atoms with Crippen LogP contribution in [0.15, 0.2) is 18.2 Å². The fraction of sp³-hybridized carbons (Fsp3) is 0.500. The van der Waals surface area contributed by atoms with Crippen LogP contribution < -0.4 is 10.1 Å². The normalized spacial score (nSPS) is 15.3. The Morgan fingerprint density at radius 1 is 1.45 bits per heavy atom. The topological polar surface area (TPSA) is 58.6 Å². The van der Waals surface area contributed by atoms with E-state index in [4.69, 9.17) is 21.4 Å². The molecule has 0 aliphatic rings. The maximum Gasteiger partial charge on any atom is 0.260 e. The molecule has 0 aliphatic carbocycles. The number of carbonyl (C=O) groups is 1. The molecule has 3 unspecified atom stereocenters. The number of benzene rings is 1. The highest BCUT2D eigenvalue weighted by molar-refractivity contribution is 6.32. The monoisotopic (exact) mass is 303 g/mol. The van der Waals surface area contributed by atoms with Gasteiger partial charge in [-0.05, 0) is 38.0 Å². The molecule has 0 saturated carbocycles. The van der Waals surface area contributed by atoms with Gasteiger partial charge in [-0.15, -0.1) is 0 Å². The molecule has 3 atom stereocenters. The van der Waals surface area contributed by atoms with Crippen molar-refractivity contribution < 1.29 is 19.0 Å². The Balaban J connectivity index is 2.61. The molecule has 0 fully saturated rings.